The fourth-order valence-electron chi connectivity index (χ4n) is 4.79. The molecule has 1 saturated carbocycles. The lowest BCUT2D eigenvalue weighted by atomic mass is 9.87. The Morgan fingerprint density at radius 2 is 2.00 bits per heavy atom. The molecule has 0 radical (unpaired) electrons. The molecule has 0 unspecified atom stereocenters. The Morgan fingerprint density at radius 1 is 1.28 bits per heavy atom. The van der Waals surface area contributed by atoms with Crippen molar-refractivity contribution in [3.05, 3.63) is 38.2 Å². The van der Waals surface area contributed by atoms with Crippen LogP contribution in [0.25, 0.3) is 10.1 Å². The second-order valence-corrected chi connectivity index (χ2v) is 10.2. The zero-order valence-electron chi connectivity index (χ0n) is 20.1. The number of rotatable bonds is 6. The molecule has 2 fully saturated rings. The van der Waals surface area contributed by atoms with Gasteiger partial charge in [0.15, 0.2) is 5.13 Å². The predicted octanol–water partition coefficient (Wildman–Crippen LogP) is 4.68. The minimum absolute atomic E-state index is 0.0928. The number of oxime groups is 1. The summed E-state index contributed by atoms with van der Waals surface area (Å²) in [4.78, 5) is 36.8. The summed E-state index contributed by atoms with van der Waals surface area (Å²) in [5, 5.41) is 15.6. The number of nitro groups is 1. The molecule has 0 N–H and O–H groups in total. The number of piperazine rings is 1. The van der Waals surface area contributed by atoms with E-state index in [4.69, 9.17) is 4.84 Å². The van der Waals surface area contributed by atoms with E-state index in [2.05, 4.69) is 22.0 Å². The normalized spacial score (nSPS) is 21.6. The van der Waals surface area contributed by atoms with E-state index >= 15 is 0 Å². The van der Waals surface area contributed by atoms with Crippen LogP contribution in [0, 0.1) is 16.0 Å². The number of halogens is 3. The van der Waals surface area contributed by atoms with E-state index in [1.54, 1.807) is 0 Å². The molecule has 196 valence electrons. The number of alkyl halides is 3. The smallest absolute Gasteiger partial charge is 0.396 e. The first-order valence-electron chi connectivity index (χ1n) is 11.9. The van der Waals surface area contributed by atoms with Gasteiger partial charge in [-0.3, -0.25) is 19.8 Å². The third kappa shape index (κ3) is 5.77. The summed E-state index contributed by atoms with van der Waals surface area (Å²) < 4.78 is 39.5. The van der Waals surface area contributed by atoms with E-state index in [-0.39, 0.29) is 21.3 Å². The van der Waals surface area contributed by atoms with Crippen LogP contribution in [-0.2, 0) is 11.0 Å². The monoisotopic (exact) mass is 527 g/mol. The Kier molecular flexibility index (Phi) is 7.79. The Morgan fingerprint density at radius 3 is 2.61 bits per heavy atom. The number of hydrogen-bond donors (Lipinski definition) is 0. The van der Waals surface area contributed by atoms with Gasteiger partial charge in [0.1, 0.15) is 11.3 Å². The maximum absolute atomic E-state index is 13.2. The van der Waals surface area contributed by atoms with Gasteiger partial charge in [0, 0.05) is 38.3 Å². The maximum Gasteiger partial charge on any atom is 0.416 e. The van der Waals surface area contributed by atoms with Crippen molar-refractivity contribution in [2.75, 3.05) is 37.7 Å². The molecule has 4 rings (SSSR count). The summed E-state index contributed by atoms with van der Waals surface area (Å²) in [6, 6.07) is 1.28. The van der Waals surface area contributed by atoms with Crippen molar-refractivity contribution in [2.24, 2.45) is 11.1 Å². The van der Waals surface area contributed by atoms with Crippen LogP contribution >= 0.6 is 11.3 Å². The van der Waals surface area contributed by atoms with Crippen molar-refractivity contribution < 1.29 is 22.9 Å². The van der Waals surface area contributed by atoms with Crippen molar-refractivity contribution in [3.8, 4) is 0 Å². The number of hydrogen-bond acceptors (Lipinski definition) is 9. The van der Waals surface area contributed by atoms with Gasteiger partial charge >= 0.3 is 6.18 Å². The summed E-state index contributed by atoms with van der Waals surface area (Å²) in [5.74, 6) is 0.555. The van der Waals surface area contributed by atoms with Crippen LogP contribution in [0.15, 0.2) is 22.1 Å². The van der Waals surface area contributed by atoms with Crippen molar-refractivity contribution >= 4 is 38.0 Å². The second kappa shape index (κ2) is 10.7. The minimum atomic E-state index is -4.81. The van der Waals surface area contributed by atoms with Gasteiger partial charge in [-0.25, -0.2) is 0 Å². The van der Waals surface area contributed by atoms with Crippen LogP contribution in [0.4, 0.5) is 24.0 Å². The molecule has 2 heterocycles. The fraction of sp³-hybridized carbons (Fsp3) is 0.609. The molecule has 1 aliphatic heterocycles. The van der Waals surface area contributed by atoms with Crippen molar-refractivity contribution in [3.63, 3.8) is 0 Å². The first-order valence-corrected chi connectivity index (χ1v) is 12.8. The molecular weight excluding hydrogens is 499 g/mol. The topological polar surface area (TPSA) is 101 Å². The quantitative estimate of drug-likeness (QED) is 0.397. The van der Waals surface area contributed by atoms with Gasteiger partial charge in [0.25, 0.3) is 11.2 Å². The maximum atomic E-state index is 13.2. The van der Waals surface area contributed by atoms with E-state index in [0.29, 0.717) is 37.7 Å². The molecule has 9 nitrogen and oxygen atoms in total. The third-order valence-electron chi connectivity index (χ3n) is 6.75. The molecular formula is C23H28F3N5O4S. The predicted molar refractivity (Wildman–Crippen MR) is 132 cm³/mol. The Bertz CT molecular complexity index is 1210. The van der Waals surface area contributed by atoms with Crippen LogP contribution in [0.3, 0.4) is 0 Å². The van der Waals surface area contributed by atoms with Gasteiger partial charge in [-0.2, -0.15) is 18.2 Å². The summed E-state index contributed by atoms with van der Waals surface area (Å²) in [6.45, 7) is 7.37. The number of nitrogens with zero attached hydrogens (tertiary/aromatic N) is 5. The average molecular weight is 528 g/mol. The third-order valence-corrected chi connectivity index (χ3v) is 7.91. The molecule has 13 heteroatoms. The van der Waals surface area contributed by atoms with Crippen LogP contribution in [0.5, 0.6) is 0 Å². The van der Waals surface area contributed by atoms with Gasteiger partial charge in [-0.15, -0.1) is 0 Å². The van der Waals surface area contributed by atoms with Crippen LogP contribution in [0.2, 0.25) is 0 Å². The van der Waals surface area contributed by atoms with E-state index < -0.39 is 27.9 Å². The van der Waals surface area contributed by atoms with Gasteiger partial charge in [0.05, 0.1) is 21.6 Å². The van der Waals surface area contributed by atoms with E-state index in [1.165, 1.54) is 0 Å². The molecule has 1 saturated heterocycles. The number of aromatic nitrogens is 1. The minimum Gasteiger partial charge on any atom is -0.396 e. The van der Waals surface area contributed by atoms with Crippen LogP contribution in [0.1, 0.15) is 45.1 Å². The Balaban J connectivity index is 1.48. The molecule has 1 atom stereocenters. The number of fused-ring (bicyclic) bond motifs is 1. The Labute approximate surface area is 209 Å². The van der Waals surface area contributed by atoms with Crippen molar-refractivity contribution in [1.82, 2.24) is 9.88 Å². The van der Waals surface area contributed by atoms with Crippen LogP contribution < -0.4 is 10.5 Å². The highest BCUT2D eigenvalue weighted by Crippen LogP contribution is 2.38. The SMILES string of the molecule is CCON=C1CCC(CN2CCN(c3nc(=O)c4cc(C(F)(F)F)cc([N+](=O)[O-])c4s3)C[C@@H]2C)CC1. The fourth-order valence-corrected chi connectivity index (χ4v) is 5.89. The zero-order chi connectivity index (χ0) is 26.0. The van der Waals surface area contributed by atoms with Gasteiger partial charge in [-0.05, 0) is 51.5 Å². The number of nitro benzene ring substituents is 1. The largest absolute Gasteiger partial charge is 0.416 e. The standard InChI is InChI=1S/C23H28F3N5O4S/c1-3-35-28-17-6-4-15(5-7-17)13-29-8-9-30(12-14(29)2)22-27-21(32)18-10-16(23(24,25)26)11-19(31(33)34)20(18)36-22/h10-11,14-15H,3-9,12-13H2,1-2H3/t14-,15?/m0/s1. The molecule has 0 spiro atoms. The highest BCUT2D eigenvalue weighted by atomic mass is 32.1. The molecule has 2 aromatic rings. The summed E-state index contributed by atoms with van der Waals surface area (Å²) >= 11 is 0.890. The van der Waals surface area contributed by atoms with E-state index in [9.17, 15) is 28.1 Å². The second-order valence-electron chi connectivity index (χ2n) is 9.24. The van der Waals surface area contributed by atoms with Gasteiger partial charge in [-0.1, -0.05) is 16.5 Å². The number of anilines is 1. The number of benzene rings is 1. The lowest BCUT2D eigenvalue weighted by molar-refractivity contribution is -0.383. The molecule has 1 aromatic heterocycles. The molecule has 36 heavy (non-hydrogen) atoms. The molecule has 0 amide bonds. The zero-order valence-corrected chi connectivity index (χ0v) is 20.9. The summed E-state index contributed by atoms with van der Waals surface area (Å²) in [6.07, 6.45) is -0.839. The number of non-ortho nitro benzene ring substituents is 1. The van der Waals surface area contributed by atoms with E-state index in [0.717, 1.165) is 55.8 Å². The van der Waals surface area contributed by atoms with Crippen LogP contribution in [-0.4, -0.2) is 59.3 Å². The van der Waals surface area contributed by atoms with E-state index in [1.807, 2.05) is 11.8 Å². The lowest BCUT2D eigenvalue weighted by Crippen LogP contribution is -2.53. The lowest BCUT2D eigenvalue weighted by Gasteiger charge is -2.42. The first kappa shape index (κ1) is 26.3. The first-order chi connectivity index (χ1) is 17.1. The molecule has 0 bridgehead atoms. The Hall–Kier alpha value is -2.80. The average Bonchev–Trinajstić information content (AvgIpc) is 2.83. The van der Waals surface area contributed by atoms with Crippen molar-refractivity contribution in [1.29, 1.82) is 0 Å². The van der Waals surface area contributed by atoms with Gasteiger partial charge < -0.3 is 9.74 Å². The molecule has 2 aliphatic rings. The van der Waals surface area contributed by atoms with Gasteiger partial charge in [0.2, 0.25) is 0 Å². The summed E-state index contributed by atoms with van der Waals surface area (Å²) in [7, 11) is 0. The highest BCUT2D eigenvalue weighted by molar-refractivity contribution is 7.22. The summed E-state index contributed by atoms with van der Waals surface area (Å²) in [5.41, 5.74) is -1.75. The van der Waals surface area contributed by atoms with Crippen molar-refractivity contribution in [2.45, 2.75) is 51.7 Å². The molecule has 1 aromatic carbocycles. The molecule has 1 aliphatic carbocycles. The highest BCUT2D eigenvalue weighted by Gasteiger charge is 2.35.